The Morgan fingerprint density at radius 3 is 2.28 bits per heavy atom. The van der Waals surface area contributed by atoms with Crippen molar-refractivity contribution in [3.8, 4) is 11.5 Å². The zero-order chi connectivity index (χ0) is 48.0. The van der Waals surface area contributed by atoms with Gasteiger partial charge < -0.3 is 33.9 Å². The van der Waals surface area contributed by atoms with Gasteiger partial charge in [0, 0.05) is 49.1 Å². The summed E-state index contributed by atoms with van der Waals surface area (Å²) in [5, 5.41) is 6.74. The van der Waals surface area contributed by atoms with Crippen molar-refractivity contribution in [1.82, 2.24) is 29.7 Å². The number of pyridine rings is 1. The van der Waals surface area contributed by atoms with Crippen molar-refractivity contribution in [2.24, 2.45) is 0 Å². The van der Waals surface area contributed by atoms with E-state index in [-0.39, 0.29) is 77.9 Å². The first kappa shape index (κ1) is 47.2. The fraction of sp³-hybridized carbons (Fsp3) is 0.520. The SMILES string of the molecule is CCC(=O)COc1cc2cc(Nc3nc(N4CCC(OC5CC(N6CCC(c7cc8c(cc7OC(C)C)C(=O)N(C7CCC(=O)NC7=O)C8=O)CC6)C5)CC4)ncc3Cl)ccc2n(C(C)C)c1=O. The molecule has 0 spiro atoms. The summed E-state index contributed by atoms with van der Waals surface area (Å²) < 4.78 is 20.2. The van der Waals surface area contributed by atoms with Gasteiger partial charge in [0.05, 0.1) is 41.2 Å². The van der Waals surface area contributed by atoms with Crippen LogP contribution in [-0.2, 0) is 19.1 Å². The Kier molecular flexibility index (Phi) is 13.6. The second-order valence-corrected chi connectivity index (χ2v) is 19.6. The minimum absolute atomic E-state index is 0.0668. The number of carbonyl (C=O) groups excluding carboxylic acids is 5. The first-order chi connectivity index (χ1) is 32.6. The van der Waals surface area contributed by atoms with Crippen LogP contribution in [0, 0.1) is 0 Å². The van der Waals surface area contributed by atoms with E-state index in [0.29, 0.717) is 40.7 Å². The van der Waals surface area contributed by atoms with E-state index in [2.05, 4.69) is 25.4 Å². The van der Waals surface area contributed by atoms with Gasteiger partial charge in [0.15, 0.2) is 17.4 Å². The number of rotatable bonds is 15. The van der Waals surface area contributed by atoms with Crippen molar-refractivity contribution >= 4 is 69.4 Å². The molecule has 17 nitrogen and oxygen atoms in total. The van der Waals surface area contributed by atoms with E-state index in [9.17, 15) is 28.8 Å². The van der Waals surface area contributed by atoms with Crippen molar-refractivity contribution in [2.75, 3.05) is 43.0 Å². The Morgan fingerprint density at radius 2 is 1.60 bits per heavy atom. The Bertz CT molecular complexity index is 2700. The number of likely N-dealkylation sites (tertiary alicyclic amines) is 1. The fourth-order valence-electron chi connectivity index (χ4n) is 10.2. The lowest BCUT2D eigenvalue weighted by Gasteiger charge is -2.47. The smallest absolute Gasteiger partial charge is 0.293 e. The summed E-state index contributed by atoms with van der Waals surface area (Å²) >= 11 is 6.62. The summed E-state index contributed by atoms with van der Waals surface area (Å²) in [5.41, 5.74) is 2.59. The highest BCUT2D eigenvalue weighted by atomic mass is 35.5. The monoisotopic (exact) mass is 950 g/mol. The van der Waals surface area contributed by atoms with Crippen LogP contribution in [0.25, 0.3) is 10.9 Å². The van der Waals surface area contributed by atoms with E-state index in [4.69, 9.17) is 30.8 Å². The molecule has 68 heavy (non-hydrogen) atoms. The number of anilines is 3. The lowest BCUT2D eigenvalue weighted by atomic mass is 9.82. The number of hydrogen-bond donors (Lipinski definition) is 2. The minimum Gasteiger partial charge on any atom is -0.491 e. The molecule has 5 aliphatic rings. The molecule has 9 rings (SSSR count). The molecule has 4 fully saturated rings. The molecular formula is C50H59ClN8O9. The third-order valence-electron chi connectivity index (χ3n) is 13.9. The van der Waals surface area contributed by atoms with E-state index >= 15 is 0 Å². The van der Waals surface area contributed by atoms with Gasteiger partial charge in [0.25, 0.3) is 17.4 Å². The van der Waals surface area contributed by atoms with Gasteiger partial charge in [-0.2, -0.15) is 4.98 Å². The van der Waals surface area contributed by atoms with Crippen LogP contribution in [0.2, 0.25) is 5.02 Å². The number of imide groups is 2. The number of hydrogen-bond acceptors (Lipinski definition) is 14. The molecule has 2 N–H and O–H groups in total. The number of fused-ring (bicyclic) bond motifs is 2. The molecular weight excluding hydrogens is 892 g/mol. The van der Waals surface area contributed by atoms with Crippen LogP contribution in [0.15, 0.2) is 47.4 Å². The minimum atomic E-state index is -1.02. The maximum Gasteiger partial charge on any atom is 0.293 e. The quantitative estimate of drug-likeness (QED) is 0.119. The Labute approximate surface area is 399 Å². The van der Waals surface area contributed by atoms with Crippen LogP contribution < -0.4 is 30.6 Å². The summed E-state index contributed by atoms with van der Waals surface area (Å²) in [7, 11) is 0. The summed E-state index contributed by atoms with van der Waals surface area (Å²) in [6, 6.07) is 10.1. The highest BCUT2D eigenvalue weighted by molar-refractivity contribution is 6.33. The van der Waals surface area contributed by atoms with Gasteiger partial charge in [0.1, 0.15) is 23.4 Å². The topological polar surface area (TPSA) is 195 Å². The van der Waals surface area contributed by atoms with Crippen molar-refractivity contribution in [3.63, 3.8) is 0 Å². The summed E-state index contributed by atoms with van der Waals surface area (Å²) in [6.07, 6.45) is 7.69. The normalized spacial score (nSPS) is 21.7. The molecule has 0 radical (unpaired) electrons. The van der Waals surface area contributed by atoms with Gasteiger partial charge >= 0.3 is 0 Å². The number of piperidine rings is 3. The maximum absolute atomic E-state index is 13.7. The molecule has 1 unspecified atom stereocenters. The van der Waals surface area contributed by atoms with Gasteiger partial charge in [0.2, 0.25) is 17.8 Å². The second kappa shape index (κ2) is 19.6. The number of ether oxygens (including phenoxy) is 3. The van der Waals surface area contributed by atoms with Gasteiger partial charge in [-0.05, 0) is 134 Å². The number of nitrogens with one attached hydrogen (secondary N) is 2. The average Bonchev–Trinajstić information content (AvgIpc) is 3.54. The van der Waals surface area contributed by atoms with E-state index in [1.165, 1.54) is 0 Å². The Morgan fingerprint density at radius 1 is 0.882 bits per heavy atom. The van der Waals surface area contributed by atoms with Crippen molar-refractivity contribution < 1.29 is 38.2 Å². The van der Waals surface area contributed by atoms with Gasteiger partial charge in [-0.1, -0.05) is 18.5 Å². The molecule has 1 saturated carbocycles. The predicted molar refractivity (Wildman–Crippen MR) is 255 cm³/mol. The van der Waals surface area contributed by atoms with E-state index in [0.717, 1.165) is 86.1 Å². The standard InChI is InChI=1S/C50H59ClN8O9/c1-6-33(60)26-66-43-20-30-19-31(7-8-40(30)58(27(2)3)49(43)65)53-45-39(51)25-52-50(55-45)57-17-13-34(14-18-57)68-35-21-32(22-35)56-15-11-29(12-16-56)36-23-37-38(24-42(36)67-28(4)5)48(64)59(47(37)63)41-9-10-44(61)54-46(41)62/h7-8,19-20,23-25,27-29,32,34-35,41H,6,9-18,21-22,26H2,1-5H3,(H,52,53,55)(H,54,61,62). The van der Waals surface area contributed by atoms with Gasteiger partial charge in [-0.3, -0.25) is 39.0 Å². The number of nitrogens with zero attached hydrogens (tertiary/aromatic N) is 6. The Hall–Kier alpha value is -5.91. The molecule has 360 valence electrons. The maximum atomic E-state index is 13.7. The summed E-state index contributed by atoms with van der Waals surface area (Å²) in [5.74, 6) is -0.279. The second-order valence-electron chi connectivity index (χ2n) is 19.2. The summed E-state index contributed by atoms with van der Waals surface area (Å²) in [4.78, 5) is 92.0. The molecule has 4 amide bonds. The highest BCUT2D eigenvalue weighted by Crippen LogP contribution is 2.42. The number of halogens is 1. The third-order valence-corrected chi connectivity index (χ3v) is 14.2. The number of benzene rings is 2. The molecule has 6 heterocycles. The van der Waals surface area contributed by atoms with Gasteiger partial charge in [-0.15, -0.1) is 0 Å². The van der Waals surface area contributed by atoms with E-state index in [1.54, 1.807) is 35.9 Å². The van der Waals surface area contributed by atoms with Crippen LogP contribution in [0.1, 0.15) is 131 Å². The zero-order valence-electron chi connectivity index (χ0n) is 39.2. The molecule has 4 aromatic rings. The molecule has 4 aliphatic heterocycles. The molecule has 2 aromatic carbocycles. The number of amides is 4. The fourth-order valence-corrected chi connectivity index (χ4v) is 10.3. The highest BCUT2D eigenvalue weighted by Gasteiger charge is 2.46. The molecule has 0 bridgehead atoms. The van der Waals surface area contributed by atoms with Crippen LogP contribution in [0.4, 0.5) is 17.5 Å². The third kappa shape index (κ3) is 9.57. The number of carbonyl (C=O) groups is 5. The largest absolute Gasteiger partial charge is 0.491 e. The first-order valence-corrected chi connectivity index (χ1v) is 24.4. The lowest BCUT2D eigenvalue weighted by Crippen LogP contribution is -2.54. The molecule has 1 aliphatic carbocycles. The molecule has 1 atom stereocenters. The molecule has 2 aromatic heterocycles. The molecule has 3 saturated heterocycles. The Balaban J connectivity index is 0.768. The number of aromatic nitrogens is 3. The van der Waals surface area contributed by atoms with Crippen molar-refractivity contribution in [1.29, 1.82) is 0 Å². The van der Waals surface area contributed by atoms with Crippen LogP contribution >= 0.6 is 11.6 Å². The van der Waals surface area contributed by atoms with Crippen LogP contribution in [0.5, 0.6) is 11.5 Å². The van der Waals surface area contributed by atoms with Crippen LogP contribution in [0.3, 0.4) is 0 Å². The lowest BCUT2D eigenvalue weighted by molar-refractivity contribution is -0.136. The van der Waals surface area contributed by atoms with Crippen molar-refractivity contribution in [3.05, 3.63) is 74.7 Å². The first-order valence-electron chi connectivity index (χ1n) is 24.0. The van der Waals surface area contributed by atoms with E-state index < -0.39 is 29.7 Å². The predicted octanol–water partition coefficient (Wildman–Crippen LogP) is 6.71. The molecule has 18 heteroatoms. The zero-order valence-corrected chi connectivity index (χ0v) is 40.0. The number of Topliss-reactive ketones (excluding diaryl/α,β-unsaturated/α-hetero) is 1. The van der Waals surface area contributed by atoms with Crippen LogP contribution in [-0.4, -0.2) is 117 Å². The average molecular weight is 952 g/mol. The number of ketones is 1. The van der Waals surface area contributed by atoms with Gasteiger partial charge in [-0.25, -0.2) is 4.98 Å². The summed E-state index contributed by atoms with van der Waals surface area (Å²) in [6.45, 7) is 12.6. The van der Waals surface area contributed by atoms with E-state index in [1.807, 2.05) is 45.9 Å². The van der Waals surface area contributed by atoms with Crippen molar-refractivity contribution in [2.45, 2.75) is 135 Å².